The van der Waals surface area contributed by atoms with Crippen molar-refractivity contribution < 1.29 is 0 Å². The maximum absolute atomic E-state index is 5.83. The van der Waals surface area contributed by atoms with E-state index in [9.17, 15) is 0 Å². The van der Waals surface area contributed by atoms with E-state index in [2.05, 4.69) is 30.4 Å². The Morgan fingerprint density at radius 2 is 1.79 bits per heavy atom. The zero-order valence-electron chi connectivity index (χ0n) is 7.78. The van der Waals surface area contributed by atoms with Crippen molar-refractivity contribution in [1.82, 2.24) is 0 Å². The molecule has 0 nitrogen and oxygen atoms in total. The maximum atomic E-state index is 5.83. The third-order valence-corrected chi connectivity index (χ3v) is 2.43. The molecule has 0 amide bonds. The molecule has 0 unspecified atom stereocenters. The molecule has 70 valence electrons. The van der Waals surface area contributed by atoms with Gasteiger partial charge >= 0.3 is 0 Å². The van der Waals surface area contributed by atoms with E-state index in [-0.39, 0.29) is 0 Å². The minimum atomic E-state index is 0.782. The monoisotopic (exact) mass is 202 g/mol. The Kier molecular flexibility index (Phi) is 2.85. The van der Waals surface area contributed by atoms with Crippen LogP contribution in [-0.2, 0) is 0 Å². The van der Waals surface area contributed by atoms with Gasteiger partial charge in [-0.2, -0.15) is 0 Å². The van der Waals surface area contributed by atoms with E-state index in [0.717, 1.165) is 11.4 Å². The van der Waals surface area contributed by atoms with Gasteiger partial charge in [-0.25, -0.2) is 0 Å². The summed E-state index contributed by atoms with van der Waals surface area (Å²) in [6.07, 6.45) is 11.6. The van der Waals surface area contributed by atoms with Crippen LogP contribution in [0.3, 0.4) is 0 Å². The van der Waals surface area contributed by atoms with Crippen LogP contribution in [0.4, 0.5) is 0 Å². The van der Waals surface area contributed by atoms with Gasteiger partial charge in [0.2, 0.25) is 0 Å². The summed E-state index contributed by atoms with van der Waals surface area (Å²) < 4.78 is 0. The van der Waals surface area contributed by atoms with Crippen molar-refractivity contribution in [3.05, 3.63) is 65.2 Å². The molecule has 1 aromatic rings. The molecule has 1 aromatic carbocycles. The Morgan fingerprint density at radius 3 is 2.57 bits per heavy atom. The topological polar surface area (TPSA) is 0 Å². The van der Waals surface area contributed by atoms with Crippen LogP contribution in [-0.4, -0.2) is 0 Å². The van der Waals surface area contributed by atoms with Gasteiger partial charge in [0.05, 0.1) is 0 Å². The zero-order chi connectivity index (χ0) is 9.80. The van der Waals surface area contributed by atoms with Gasteiger partial charge in [-0.1, -0.05) is 54.1 Å². The number of halogens is 1. The molecule has 1 heteroatoms. The van der Waals surface area contributed by atoms with E-state index >= 15 is 0 Å². The van der Waals surface area contributed by atoms with E-state index < -0.39 is 0 Å². The lowest BCUT2D eigenvalue weighted by Crippen LogP contribution is -1.79. The SMILES string of the molecule is Clc1ccc(C2=CCC=CC=C2)cc1. The van der Waals surface area contributed by atoms with Crippen molar-refractivity contribution in [3.63, 3.8) is 0 Å². The van der Waals surface area contributed by atoms with Gasteiger partial charge < -0.3 is 0 Å². The highest BCUT2D eigenvalue weighted by Gasteiger charge is 1.97. The van der Waals surface area contributed by atoms with Gasteiger partial charge in [0.15, 0.2) is 0 Å². The minimum Gasteiger partial charge on any atom is -0.0843 e. The molecule has 0 atom stereocenters. The lowest BCUT2D eigenvalue weighted by molar-refractivity contribution is 1.40. The first-order valence-electron chi connectivity index (χ1n) is 4.65. The van der Waals surface area contributed by atoms with Gasteiger partial charge in [-0.15, -0.1) is 0 Å². The zero-order valence-corrected chi connectivity index (χ0v) is 8.54. The van der Waals surface area contributed by atoms with Crippen molar-refractivity contribution in [2.75, 3.05) is 0 Å². The Balaban J connectivity index is 2.31. The average Bonchev–Trinajstić information content (AvgIpc) is 2.47. The molecule has 0 saturated heterocycles. The number of hydrogen-bond acceptors (Lipinski definition) is 0. The predicted octanol–water partition coefficient (Wildman–Crippen LogP) is 4.24. The minimum absolute atomic E-state index is 0.782. The second-order valence-corrected chi connectivity index (χ2v) is 3.63. The molecule has 0 spiro atoms. The third kappa shape index (κ3) is 2.15. The van der Waals surface area contributed by atoms with E-state index in [1.807, 2.05) is 24.3 Å². The molecule has 0 heterocycles. The third-order valence-electron chi connectivity index (χ3n) is 2.17. The molecule has 0 aromatic heterocycles. The summed E-state index contributed by atoms with van der Waals surface area (Å²) in [5, 5.41) is 0.782. The number of hydrogen-bond donors (Lipinski definition) is 0. The Hall–Kier alpha value is -1.27. The average molecular weight is 203 g/mol. The van der Waals surface area contributed by atoms with Gasteiger partial charge in [-0.05, 0) is 29.7 Å². The Labute approximate surface area is 89.2 Å². The first kappa shape index (κ1) is 9.29. The largest absolute Gasteiger partial charge is 0.0843 e. The second-order valence-electron chi connectivity index (χ2n) is 3.19. The fourth-order valence-electron chi connectivity index (χ4n) is 1.44. The van der Waals surface area contributed by atoms with Gasteiger partial charge in [-0.3, -0.25) is 0 Å². The molecule has 0 radical (unpaired) electrons. The predicted molar refractivity (Wildman–Crippen MR) is 62.3 cm³/mol. The fourth-order valence-corrected chi connectivity index (χ4v) is 1.56. The van der Waals surface area contributed by atoms with Crippen LogP contribution >= 0.6 is 11.6 Å². The number of rotatable bonds is 1. The smallest absolute Gasteiger partial charge is 0.0406 e. The Morgan fingerprint density at radius 1 is 1.00 bits per heavy atom. The van der Waals surface area contributed by atoms with Gasteiger partial charge in [0.25, 0.3) is 0 Å². The molecule has 1 aliphatic carbocycles. The highest BCUT2D eigenvalue weighted by atomic mass is 35.5. The first-order chi connectivity index (χ1) is 6.86. The fraction of sp³-hybridized carbons (Fsp3) is 0.0769. The summed E-state index contributed by atoms with van der Waals surface area (Å²) >= 11 is 5.83. The summed E-state index contributed by atoms with van der Waals surface area (Å²) in [5.41, 5.74) is 2.47. The van der Waals surface area contributed by atoms with Crippen molar-refractivity contribution in [3.8, 4) is 0 Å². The van der Waals surface area contributed by atoms with Crippen molar-refractivity contribution in [1.29, 1.82) is 0 Å². The van der Waals surface area contributed by atoms with E-state index in [0.29, 0.717) is 0 Å². The molecular weight excluding hydrogens is 192 g/mol. The van der Waals surface area contributed by atoms with Crippen molar-refractivity contribution in [2.24, 2.45) is 0 Å². The molecule has 0 fully saturated rings. The first-order valence-corrected chi connectivity index (χ1v) is 5.03. The number of allylic oxidation sites excluding steroid dienone is 6. The Bertz CT molecular complexity index is 394. The highest BCUT2D eigenvalue weighted by Crippen LogP contribution is 2.20. The molecule has 0 saturated carbocycles. The molecule has 2 rings (SSSR count). The molecular formula is C13H11Cl. The van der Waals surface area contributed by atoms with Crippen LogP contribution in [0.1, 0.15) is 12.0 Å². The standard InChI is InChI=1S/C13H11Cl/c14-13-9-7-12(8-10-13)11-5-3-1-2-4-6-11/h1-3,5-10H,4H2. The van der Waals surface area contributed by atoms with Crippen LogP contribution in [0.2, 0.25) is 5.02 Å². The lowest BCUT2D eigenvalue weighted by Gasteiger charge is -2.01. The van der Waals surface area contributed by atoms with Gasteiger partial charge in [0.1, 0.15) is 0 Å². The molecule has 0 aliphatic heterocycles. The quantitative estimate of drug-likeness (QED) is 0.639. The normalized spacial score (nSPS) is 15.1. The molecule has 0 bridgehead atoms. The lowest BCUT2D eigenvalue weighted by atomic mass is 10.1. The van der Waals surface area contributed by atoms with Crippen LogP contribution in [0.25, 0.3) is 5.57 Å². The molecule has 14 heavy (non-hydrogen) atoms. The van der Waals surface area contributed by atoms with Crippen LogP contribution in [0.15, 0.2) is 54.6 Å². The molecule has 0 N–H and O–H groups in total. The second kappa shape index (κ2) is 4.30. The summed E-state index contributed by atoms with van der Waals surface area (Å²) in [7, 11) is 0. The van der Waals surface area contributed by atoms with Crippen molar-refractivity contribution in [2.45, 2.75) is 6.42 Å². The molecule has 1 aliphatic rings. The van der Waals surface area contributed by atoms with Crippen LogP contribution < -0.4 is 0 Å². The van der Waals surface area contributed by atoms with Crippen LogP contribution in [0, 0.1) is 0 Å². The summed E-state index contributed by atoms with van der Waals surface area (Å²) in [6, 6.07) is 7.93. The van der Waals surface area contributed by atoms with E-state index in [1.54, 1.807) is 0 Å². The summed E-state index contributed by atoms with van der Waals surface area (Å²) in [5.74, 6) is 0. The van der Waals surface area contributed by atoms with E-state index in [4.69, 9.17) is 11.6 Å². The number of benzene rings is 1. The van der Waals surface area contributed by atoms with Crippen LogP contribution in [0.5, 0.6) is 0 Å². The van der Waals surface area contributed by atoms with Crippen molar-refractivity contribution >= 4 is 17.2 Å². The summed E-state index contributed by atoms with van der Waals surface area (Å²) in [4.78, 5) is 0. The van der Waals surface area contributed by atoms with E-state index in [1.165, 1.54) is 11.1 Å². The van der Waals surface area contributed by atoms with Gasteiger partial charge in [0, 0.05) is 5.02 Å². The maximum Gasteiger partial charge on any atom is 0.0406 e. The highest BCUT2D eigenvalue weighted by molar-refractivity contribution is 6.30. The summed E-state index contributed by atoms with van der Waals surface area (Å²) in [6.45, 7) is 0.